The minimum atomic E-state index is 0.171. The van der Waals surface area contributed by atoms with Crippen molar-refractivity contribution in [3.05, 3.63) is 28.8 Å². The molecular formula is C18H34ClNO. The average Bonchev–Trinajstić information content (AvgIpc) is 2.50. The lowest BCUT2D eigenvalue weighted by molar-refractivity contribution is 0.407. The maximum absolute atomic E-state index is 5.86. The van der Waals surface area contributed by atoms with Crippen LogP contribution in [0.4, 0.5) is 0 Å². The van der Waals surface area contributed by atoms with E-state index >= 15 is 0 Å². The van der Waals surface area contributed by atoms with Gasteiger partial charge >= 0.3 is 0 Å². The lowest BCUT2D eigenvalue weighted by Gasteiger charge is -2.15. The van der Waals surface area contributed by atoms with Crippen molar-refractivity contribution in [2.75, 3.05) is 13.5 Å². The van der Waals surface area contributed by atoms with E-state index in [1.165, 1.54) is 35.9 Å². The van der Waals surface area contributed by atoms with Crippen LogP contribution in [0.2, 0.25) is 0 Å². The third kappa shape index (κ3) is 9.00. The minimum Gasteiger partial charge on any atom is -0.496 e. The van der Waals surface area contributed by atoms with E-state index in [0.717, 1.165) is 18.6 Å². The molecule has 2 N–H and O–H groups in total. The Morgan fingerprint density at radius 1 is 1.19 bits per heavy atom. The molecule has 0 amide bonds. The summed E-state index contributed by atoms with van der Waals surface area (Å²) < 4.78 is 5.47. The molecule has 1 rings (SSSR count). The Balaban J connectivity index is 0. The normalized spacial score (nSPS) is 10.7. The lowest BCUT2D eigenvalue weighted by atomic mass is 9.97. The van der Waals surface area contributed by atoms with Gasteiger partial charge in [0.15, 0.2) is 0 Å². The Morgan fingerprint density at radius 3 is 2.19 bits per heavy atom. The summed E-state index contributed by atoms with van der Waals surface area (Å²) >= 11 is 4.64. The van der Waals surface area contributed by atoms with Crippen molar-refractivity contribution in [3.8, 4) is 5.75 Å². The number of rotatable bonds is 6. The van der Waals surface area contributed by atoms with E-state index in [0.29, 0.717) is 0 Å². The number of halogens is 1. The van der Waals surface area contributed by atoms with Crippen molar-refractivity contribution in [1.29, 1.82) is 0 Å². The summed E-state index contributed by atoms with van der Waals surface area (Å²) in [5.41, 5.74) is 9.84. The van der Waals surface area contributed by atoms with Gasteiger partial charge in [-0.1, -0.05) is 33.3 Å². The van der Waals surface area contributed by atoms with Gasteiger partial charge in [0.1, 0.15) is 5.75 Å². The van der Waals surface area contributed by atoms with Crippen molar-refractivity contribution < 1.29 is 4.74 Å². The first-order valence-electron chi connectivity index (χ1n) is 7.88. The molecule has 0 saturated heterocycles. The lowest BCUT2D eigenvalue weighted by Crippen LogP contribution is -2.18. The summed E-state index contributed by atoms with van der Waals surface area (Å²) in [7, 11) is 1.74. The molecule has 0 heterocycles. The SMILES string of the molecule is CC.CCCCc1cc(OC)c(CC(C)N)cc1C.CCl. The highest BCUT2D eigenvalue weighted by Gasteiger charge is 2.09. The highest BCUT2D eigenvalue weighted by molar-refractivity contribution is 6.15. The number of methoxy groups -OCH3 is 1. The summed E-state index contributed by atoms with van der Waals surface area (Å²) in [4.78, 5) is 0. The zero-order chi connectivity index (χ0) is 16.8. The number of benzene rings is 1. The highest BCUT2D eigenvalue weighted by atomic mass is 35.5. The van der Waals surface area contributed by atoms with Gasteiger partial charge in [0.2, 0.25) is 0 Å². The molecule has 1 aromatic rings. The van der Waals surface area contributed by atoms with Crippen LogP contribution in [-0.2, 0) is 12.8 Å². The van der Waals surface area contributed by atoms with Crippen molar-refractivity contribution in [3.63, 3.8) is 0 Å². The Labute approximate surface area is 137 Å². The van der Waals surface area contributed by atoms with Crippen LogP contribution in [0.5, 0.6) is 5.75 Å². The predicted octanol–water partition coefficient (Wildman–Crippen LogP) is 5.12. The summed E-state index contributed by atoms with van der Waals surface area (Å²) in [6.07, 6.45) is 5.94. The van der Waals surface area contributed by atoms with Crippen LogP contribution < -0.4 is 10.5 Å². The van der Waals surface area contributed by atoms with Gasteiger partial charge in [-0.15, -0.1) is 11.6 Å². The average molecular weight is 316 g/mol. The number of hydrogen-bond acceptors (Lipinski definition) is 2. The molecule has 0 spiro atoms. The van der Waals surface area contributed by atoms with Gasteiger partial charge in [-0.2, -0.15) is 0 Å². The van der Waals surface area contributed by atoms with Gasteiger partial charge in [-0.3, -0.25) is 0 Å². The van der Waals surface area contributed by atoms with Crippen molar-refractivity contribution in [2.45, 2.75) is 66.3 Å². The third-order valence-electron chi connectivity index (χ3n) is 3.08. The van der Waals surface area contributed by atoms with Crippen LogP contribution in [0.15, 0.2) is 12.1 Å². The van der Waals surface area contributed by atoms with Crippen LogP contribution in [0, 0.1) is 6.92 Å². The van der Waals surface area contributed by atoms with Gasteiger partial charge < -0.3 is 10.5 Å². The Kier molecular flexibility index (Phi) is 15.3. The molecule has 1 aromatic carbocycles. The fraction of sp³-hybridized carbons (Fsp3) is 0.667. The van der Waals surface area contributed by atoms with E-state index in [-0.39, 0.29) is 6.04 Å². The van der Waals surface area contributed by atoms with Gasteiger partial charge in [-0.05, 0) is 55.9 Å². The first-order chi connectivity index (χ1) is 10.1. The van der Waals surface area contributed by atoms with Gasteiger partial charge in [0.25, 0.3) is 0 Å². The fourth-order valence-corrected chi connectivity index (χ4v) is 2.12. The predicted molar refractivity (Wildman–Crippen MR) is 96.8 cm³/mol. The fourth-order valence-electron chi connectivity index (χ4n) is 2.12. The molecule has 124 valence electrons. The second-order valence-corrected chi connectivity index (χ2v) is 4.88. The monoisotopic (exact) mass is 315 g/mol. The second kappa shape index (κ2) is 14.2. The molecule has 0 aliphatic rings. The molecule has 1 unspecified atom stereocenters. The zero-order valence-corrected chi connectivity index (χ0v) is 15.7. The molecule has 0 fully saturated rings. The van der Waals surface area contributed by atoms with E-state index in [1.807, 2.05) is 20.8 Å². The number of unbranched alkanes of at least 4 members (excludes halogenated alkanes) is 1. The molecule has 0 saturated carbocycles. The van der Waals surface area contributed by atoms with Gasteiger partial charge in [-0.25, -0.2) is 0 Å². The van der Waals surface area contributed by atoms with E-state index < -0.39 is 0 Å². The van der Waals surface area contributed by atoms with E-state index in [1.54, 1.807) is 7.11 Å². The van der Waals surface area contributed by atoms with Gasteiger partial charge in [0.05, 0.1) is 7.11 Å². The summed E-state index contributed by atoms with van der Waals surface area (Å²) in [5, 5.41) is 0. The molecule has 0 bridgehead atoms. The first-order valence-corrected chi connectivity index (χ1v) is 8.63. The van der Waals surface area contributed by atoms with Crippen molar-refractivity contribution in [1.82, 2.24) is 0 Å². The van der Waals surface area contributed by atoms with Crippen molar-refractivity contribution >= 4 is 11.6 Å². The van der Waals surface area contributed by atoms with Gasteiger partial charge in [0, 0.05) is 12.4 Å². The molecular weight excluding hydrogens is 282 g/mol. The highest BCUT2D eigenvalue weighted by Crippen LogP contribution is 2.25. The number of nitrogens with two attached hydrogens (primary N) is 1. The van der Waals surface area contributed by atoms with Crippen LogP contribution in [-0.4, -0.2) is 19.5 Å². The van der Waals surface area contributed by atoms with Crippen LogP contribution in [0.1, 0.15) is 57.2 Å². The topological polar surface area (TPSA) is 35.2 Å². The minimum absolute atomic E-state index is 0.171. The van der Waals surface area contributed by atoms with E-state index in [2.05, 4.69) is 37.6 Å². The molecule has 2 nitrogen and oxygen atoms in total. The quantitative estimate of drug-likeness (QED) is 0.740. The molecule has 0 aliphatic heterocycles. The van der Waals surface area contributed by atoms with Crippen molar-refractivity contribution in [2.24, 2.45) is 5.73 Å². The molecule has 0 aliphatic carbocycles. The summed E-state index contributed by atoms with van der Waals surface area (Å²) in [6.45, 7) is 10.4. The standard InChI is InChI=1S/C15H25NO.C2H6.CH3Cl/c1-5-6-7-13-10-15(17-4)14(8-11(13)2)9-12(3)16;2*1-2/h8,10,12H,5-7,9,16H2,1-4H3;1-2H3;1H3. The van der Waals surface area contributed by atoms with Crippen LogP contribution in [0.3, 0.4) is 0 Å². The largest absolute Gasteiger partial charge is 0.496 e. The second-order valence-electron chi connectivity index (χ2n) is 4.88. The number of alkyl halides is 1. The zero-order valence-electron chi connectivity index (χ0n) is 14.9. The third-order valence-corrected chi connectivity index (χ3v) is 3.08. The maximum atomic E-state index is 5.86. The number of aryl methyl sites for hydroxylation is 2. The number of hydrogen-bond donors (Lipinski definition) is 1. The summed E-state index contributed by atoms with van der Waals surface area (Å²) in [5.74, 6) is 0.985. The Hall–Kier alpha value is -0.730. The van der Waals surface area contributed by atoms with E-state index in [4.69, 9.17) is 10.5 Å². The van der Waals surface area contributed by atoms with E-state index in [9.17, 15) is 0 Å². The number of ether oxygens (including phenoxy) is 1. The summed E-state index contributed by atoms with van der Waals surface area (Å²) in [6, 6.07) is 4.58. The molecule has 1 atom stereocenters. The molecule has 3 heteroatoms. The Bertz CT molecular complexity index is 364. The molecule has 21 heavy (non-hydrogen) atoms. The smallest absolute Gasteiger partial charge is 0.122 e. The van der Waals surface area contributed by atoms with Crippen LogP contribution >= 0.6 is 11.6 Å². The molecule has 0 aromatic heterocycles. The maximum Gasteiger partial charge on any atom is 0.122 e. The first kappa shape index (κ1) is 22.5. The molecule has 0 radical (unpaired) electrons. The van der Waals surface area contributed by atoms with Crippen LogP contribution in [0.25, 0.3) is 0 Å². The Morgan fingerprint density at radius 2 is 1.76 bits per heavy atom.